The van der Waals surface area contributed by atoms with Crippen LogP contribution >= 0.6 is 27.5 Å². The summed E-state index contributed by atoms with van der Waals surface area (Å²) in [5, 5.41) is 0.655. The van der Waals surface area contributed by atoms with Crippen LogP contribution < -0.4 is 16.0 Å². The monoisotopic (exact) mass is 368 g/mol. The van der Waals surface area contributed by atoms with E-state index in [-0.39, 0.29) is 6.04 Å². The van der Waals surface area contributed by atoms with Crippen LogP contribution in [0.15, 0.2) is 34.8 Å². The van der Waals surface area contributed by atoms with Crippen LogP contribution in [0.2, 0.25) is 5.02 Å². The molecule has 0 saturated carbocycles. The van der Waals surface area contributed by atoms with Crippen molar-refractivity contribution in [2.75, 3.05) is 7.11 Å². The quantitative estimate of drug-likeness (QED) is 0.624. The van der Waals surface area contributed by atoms with Gasteiger partial charge < -0.3 is 4.74 Å². The van der Waals surface area contributed by atoms with E-state index in [9.17, 15) is 0 Å². The van der Waals surface area contributed by atoms with E-state index in [0.29, 0.717) is 5.02 Å². The first-order valence-electron chi connectivity index (χ1n) is 6.54. The Morgan fingerprint density at radius 3 is 2.52 bits per heavy atom. The third kappa shape index (κ3) is 3.40. The number of hydrogen-bond donors (Lipinski definition) is 2. The van der Waals surface area contributed by atoms with Crippen LogP contribution in [0.5, 0.6) is 5.75 Å². The van der Waals surface area contributed by atoms with Gasteiger partial charge in [0.15, 0.2) is 0 Å². The minimum Gasteiger partial charge on any atom is -0.496 e. The number of aryl methyl sites for hydroxylation is 1. The summed E-state index contributed by atoms with van der Waals surface area (Å²) in [7, 11) is 1.67. The van der Waals surface area contributed by atoms with Gasteiger partial charge in [-0.05, 0) is 48.7 Å². The second kappa shape index (κ2) is 6.79. The van der Waals surface area contributed by atoms with Gasteiger partial charge in [-0.15, -0.1) is 0 Å². The summed E-state index contributed by atoms with van der Waals surface area (Å²) in [6.45, 7) is 4.10. The van der Waals surface area contributed by atoms with Crippen LogP contribution in [0.4, 0.5) is 0 Å². The third-order valence-electron chi connectivity index (χ3n) is 3.61. The maximum absolute atomic E-state index is 6.14. The largest absolute Gasteiger partial charge is 0.496 e. The smallest absolute Gasteiger partial charge is 0.127 e. The van der Waals surface area contributed by atoms with Crippen molar-refractivity contribution < 1.29 is 4.74 Å². The highest BCUT2D eigenvalue weighted by Crippen LogP contribution is 2.35. The summed E-state index contributed by atoms with van der Waals surface area (Å²) in [4.78, 5) is 0. The molecule has 0 aliphatic heterocycles. The maximum atomic E-state index is 6.14. The van der Waals surface area contributed by atoms with Crippen LogP contribution in [0, 0.1) is 13.8 Å². The minimum atomic E-state index is -0.200. The Bertz CT molecular complexity index is 641. The van der Waals surface area contributed by atoms with E-state index in [0.717, 1.165) is 26.9 Å². The van der Waals surface area contributed by atoms with Crippen molar-refractivity contribution in [1.82, 2.24) is 5.43 Å². The van der Waals surface area contributed by atoms with Gasteiger partial charge >= 0.3 is 0 Å². The van der Waals surface area contributed by atoms with Crippen LogP contribution in [-0.2, 0) is 0 Å². The molecule has 0 aliphatic carbocycles. The molecule has 0 fully saturated rings. The van der Waals surface area contributed by atoms with Crippen LogP contribution in [-0.4, -0.2) is 7.11 Å². The Morgan fingerprint density at radius 2 is 1.95 bits per heavy atom. The van der Waals surface area contributed by atoms with Crippen LogP contribution in [0.3, 0.4) is 0 Å². The fraction of sp³-hybridized carbons (Fsp3) is 0.250. The average Bonchev–Trinajstić information content (AvgIpc) is 2.43. The van der Waals surface area contributed by atoms with Gasteiger partial charge in [0.2, 0.25) is 0 Å². The Labute approximate surface area is 138 Å². The molecule has 3 N–H and O–H groups in total. The summed E-state index contributed by atoms with van der Waals surface area (Å²) in [6.07, 6.45) is 0. The lowest BCUT2D eigenvalue weighted by Gasteiger charge is -2.22. The molecule has 112 valence electrons. The highest BCUT2D eigenvalue weighted by atomic mass is 79.9. The lowest BCUT2D eigenvalue weighted by Crippen LogP contribution is -2.29. The molecular formula is C16H18BrClN2O. The van der Waals surface area contributed by atoms with Gasteiger partial charge in [0.05, 0.1) is 13.2 Å². The molecule has 2 rings (SSSR count). The topological polar surface area (TPSA) is 47.3 Å². The first kappa shape index (κ1) is 16.3. The van der Waals surface area contributed by atoms with Gasteiger partial charge in [-0.3, -0.25) is 5.84 Å². The molecule has 0 aliphatic rings. The number of rotatable bonds is 4. The lowest BCUT2D eigenvalue weighted by molar-refractivity contribution is 0.400. The second-order valence-electron chi connectivity index (χ2n) is 4.93. The van der Waals surface area contributed by atoms with Crippen molar-refractivity contribution in [1.29, 1.82) is 0 Å². The molecule has 3 nitrogen and oxygen atoms in total. The summed E-state index contributed by atoms with van der Waals surface area (Å²) in [6, 6.07) is 9.62. The van der Waals surface area contributed by atoms with E-state index in [4.69, 9.17) is 22.2 Å². The summed E-state index contributed by atoms with van der Waals surface area (Å²) < 4.78 is 6.49. The van der Waals surface area contributed by atoms with Gasteiger partial charge in [-0.25, -0.2) is 5.43 Å². The molecule has 1 unspecified atom stereocenters. The molecular weight excluding hydrogens is 352 g/mol. The lowest BCUT2D eigenvalue weighted by atomic mass is 9.94. The molecule has 0 radical (unpaired) electrons. The third-order valence-corrected chi connectivity index (χ3v) is 4.28. The van der Waals surface area contributed by atoms with Gasteiger partial charge in [0, 0.05) is 15.1 Å². The zero-order valence-corrected chi connectivity index (χ0v) is 14.5. The molecule has 0 bridgehead atoms. The standard InChI is InChI=1S/C16H18BrClN2O/c1-9-4-5-14(16(21-3)10(9)2)15(20-19)11-6-12(17)8-13(18)7-11/h4-8,15,20H,19H2,1-3H3. The molecule has 2 aromatic rings. The fourth-order valence-electron chi connectivity index (χ4n) is 2.42. The van der Waals surface area contributed by atoms with E-state index in [2.05, 4.69) is 34.3 Å². The molecule has 0 aromatic heterocycles. The Morgan fingerprint density at radius 1 is 1.24 bits per heavy atom. The van der Waals surface area contributed by atoms with E-state index >= 15 is 0 Å². The Hall–Kier alpha value is -1.07. The number of hydrogen-bond acceptors (Lipinski definition) is 3. The van der Waals surface area contributed by atoms with E-state index in [1.54, 1.807) is 7.11 Å². The number of halogens is 2. The molecule has 21 heavy (non-hydrogen) atoms. The highest BCUT2D eigenvalue weighted by molar-refractivity contribution is 9.10. The van der Waals surface area contributed by atoms with E-state index in [1.165, 1.54) is 5.56 Å². The molecule has 0 heterocycles. The second-order valence-corrected chi connectivity index (χ2v) is 6.28. The van der Waals surface area contributed by atoms with Gasteiger partial charge in [-0.1, -0.05) is 39.7 Å². The number of nitrogens with one attached hydrogen (secondary N) is 1. The number of hydrazine groups is 1. The zero-order chi connectivity index (χ0) is 15.6. The van der Waals surface area contributed by atoms with Crippen molar-refractivity contribution in [3.63, 3.8) is 0 Å². The van der Waals surface area contributed by atoms with Gasteiger partial charge in [0.1, 0.15) is 5.75 Å². The van der Waals surface area contributed by atoms with Crippen molar-refractivity contribution >= 4 is 27.5 Å². The highest BCUT2D eigenvalue weighted by Gasteiger charge is 2.20. The predicted octanol–water partition coefficient (Wildman–Crippen LogP) is 4.28. The van der Waals surface area contributed by atoms with Crippen LogP contribution in [0.1, 0.15) is 28.3 Å². The molecule has 0 saturated heterocycles. The average molecular weight is 370 g/mol. The number of benzene rings is 2. The molecule has 1 atom stereocenters. The summed E-state index contributed by atoms with van der Waals surface area (Å²) >= 11 is 9.60. The van der Waals surface area contributed by atoms with E-state index in [1.807, 2.05) is 31.2 Å². The summed E-state index contributed by atoms with van der Waals surface area (Å²) in [5.74, 6) is 6.63. The molecule has 0 spiro atoms. The van der Waals surface area contributed by atoms with Crippen molar-refractivity contribution in [2.45, 2.75) is 19.9 Å². The number of nitrogens with two attached hydrogens (primary N) is 1. The van der Waals surface area contributed by atoms with Gasteiger partial charge in [-0.2, -0.15) is 0 Å². The molecule has 5 heteroatoms. The number of methoxy groups -OCH3 is 1. The first-order valence-corrected chi connectivity index (χ1v) is 7.71. The minimum absolute atomic E-state index is 0.200. The normalized spacial score (nSPS) is 12.3. The van der Waals surface area contributed by atoms with Crippen molar-refractivity contribution in [3.8, 4) is 5.75 Å². The Kier molecular flexibility index (Phi) is 5.27. The van der Waals surface area contributed by atoms with Crippen molar-refractivity contribution in [3.05, 3.63) is 62.1 Å². The summed E-state index contributed by atoms with van der Waals surface area (Å²) in [5.41, 5.74) is 7.09. The first-order chi connectivity index (χ1) is 9.97. The van der Waals surface area contributed by atoms with Crippen molar-refractivity contribution in [2.24, 2.45) is 5.84 Å². The number of ether oxygens (including phenoxy) is 1. The fourth-order valence-corrected chi connectivity index (χ4v) is 3.30. The van der Waals surface area contributed by atoms with E-state index < -0.39 is 0 Å². The molecule has 2 aromatic carbocycles. The predicted molar refractivity (Wildman–Crippen MR) is 90.8 cm³/mol. The zero-order valence-electron chi connectivity index (χ0n) is 12.2. The SMILES string of the molecule is COc1c(C(NN)c2cc(Cl)cc(Br)c2)ccc(C)c1C. The maximum Gasteiger partial charge on any atom is 0.127 e. The molecule has 0 amide bonds. The van der Waals surface area contributed by atoms with Gasteiger partial charge in [0.25, 0.3) is 0 Å². The van der Waals surface area contributed by atoms with Crippen LogP contribution in [0.25, 0.3) is 0 Å². The Balaban J connectivity index is 2.59.